The average Bonchev–Trinajstić information content (AvgIpc) is 2.25. The van der Waals surface area contributed by atoms with E-state index in [1.54, 1.807) is 13.8 Å². The molecule has 8 heteroatoms. The minimum absolute atomic E-state index is 0.266. The number of halogens is 3. The number of likely N-dealkylation sites (N-methyl/N-ethyl adjacent to an activating group) is 1. The predicted octanol–water partition coefficient (Wildman–Crippen LogP) is 0.994. The Morgan fingerprint density at radius 1 is 1.53 bits per heavy atom. The van der Waals surface area contributed by atoms with Gasteiger partial charge in [-0.3, -0.25) is 9.69 Å². The van der Waals surface area contributed by atoms with Crippen LogP contribution in [-0.4, -0.2) is 45.8 Å². The molecule has 2 atom stereocenters. The molecule has 0 bridgehead atoms. The Morgan fingerprint density at radius 3 is 2.58 bits per heavy atom. The van der Waals surface area contributed by atoms with Crippen molar-refractivity contribution >= 4 is 0 Å². The molecule has 108 valence electrons. The van der Waals surface area contributed by atoms with Crippen LogP contribution in [0.1, 0.15) is 24.5 Å². The summed E-state index contributed by atoms with van der Waals surface area (Å²) in [6, 6.07) is 0.741. The Kier molecular flexibility index (Phi) is 4.70. The number of alkyl halides is 3. The second-order valence-corrected chi connectivity index (χ2v) is 4.44. The van der Waals surface area contributed by atoms with Gasteiger partial charge in [0, 0.05) is 18.3 Å². The van der Waals surface area contributed by atoms with E-state index in [4.69, 9.17) is 5.11 Å². The number of aliphatic hydroxyl groups excluding tert-OH is 1. The standard InChI is InChI=1S/C11H16F3N3O2/c1-6-4-9(19)16-10(15-6)7(2)17(3)5-8(18)11(12,13)14/h4,7-8,18H,5H2,1-3H3,(H,15,16,19)/t7-,8+/m0/s1. The highest BCUT2D eigenvalue weighted by Gasteiger charge is 2.39. The number of aromatic nitrogens is 2. The minimum atomic E-state index is -4.67. The maximum atomic E-state index is 12.3. The molecule has 0 saturated carbocycles. The zero-order chi connectivity index (χ0) is 14.8. The van der Waals surface area contributed by atoms with Crippen LogP contribution >= 0.6 is 0 Å². The number of rotatable bonds is 4. The Hall–Kier alpha value is -1.41. The van der Waals surface area contributed by atoms with E-state index in [1.807, 2.05) is 0 Å². The number of hydrogen-bond donors (Lipinski definition) is 2. The summed E-state index contributed by atoms with van der Waals surface area (Å²) in [5, 5.41) is 9.00. The van der Waals surface area contributed by atoms with Gasteiger partial charge in [-0.2, -0.15) is 13.2 Å². The maximum absolute atomic E-state index is 12.3. The van der Waals surface area contributed by atoms with Crippen LogP contribution in [-0.2, 0) is 0 Å². The molecule has 1 rings (SSSR count). The van der Waals surface area contributed by atoms with Crippen molar-refractivity contribution < 1.29 is 18.3 Å². The van der Waals surface area contributed by atoms with Crippen LogP contribution in [0.4, 0.5) is 13.2 Å². The topological polar surface area (TPSA) is 69.2 Å². The fourth-order valence-electron chi connectivity index (χ4n) is 1.54. The Bertz CT molecular complexity index is 487. The molecule has 1 aromatic rings. The molecule has 0 radical (unpaired) electrons. The van der Waals surface area contributed by atoms with Crippen molar-refractivity contribution in [3.05, 3.63) is 27.9 Å². The number of aliphatic hydroxyl groups is 1. The molecule has 1 aromatic heterocycles. The molecule has 0 aromatic carbocycles. The van der Waals surface area contributed by atoms with Crippen LogP contribution in [0.15, 0.2) is 10.9 Å². The van der Waals surface area contributed by atoms with Crippen LogP contribution < -0.4 is 5.56 Å². The molecule has 2 N–H and O–H groups in total. The number of hydrogen-bond acceptors (Lipinski definition) is 4. The summed E-state index contributed by atoms with van der Waals surface area (Å²) in [5.41, 5.74) is 0.120. The molecule has 0 fully saturated rings. The first-order valence-electron chi connectivity index (χ1n) is 5.64. The largest absolute Gasteiger partial charge is 0.415 e. The van der Waals surface area contributed by atoms with Gasteiger partial charge in [0.2, 0.25) is 0 Å². The van der Waals surface area contributed by atoms with Crippen molar-refractivity contribution in [2.75, 3.05) is 13.6 Å². The van der Waals surface area contributed by atoms with Gasteiger partial charge in [-0.1, -0.05) is 0 Å². The van der Waals surface area contributed by atoms with Crippen LogP contribution in [0.5, 0.6) is 0 Å². The number of nitrogens with zero attached hydrogens (tertiary/aromatic N) is 2. The van der Waals surface area contributed by atoms with Crippen LogP contribution in [0.3, 0.4) is 0 Å². The van der Waals surface area contributed by atoms with E-state index < -0.39 is 24.9 Å². The van der Waals surface area contributed by atoms with Gasteiger partial charge >= 0.3 is 6.18 Å². The number of aryl methyl sites for hydroxylation is 1. The zero-order valence-electron chi connectivity index (χ0n) is 10.8. The second kappa shape index (κ2) is 5.70. The maximum Gasteiger partial charge on any atom is 0.415 e. The lowest BCUT2D eigenvalue weighted by Crippen LogP contribution is -2.40. The Balaban J connectivity index is 2.82. The van der Waals surface area contributed by atoms with Gasteiger partial charge in [0.25, 0.3) is 5.56 Å². The summed E-state index contributed by atoms with van der Waals surface area (Å²) in [6.07, 6.45) is -7.10. The summed E-state index contributed by atoms with van der Waals surface area (Å²) >= 11 is 0. The van der Waals surface area contributed by atoms with Crippen molar-refractivity contribution in [3.8, 4) is 0 Å². The van der Waals surface area contributed by atoms with Gasteiger partial charge < -0.3 is 10.1 Å². The molecule has 0 aliphatic carbocycles. The Morgan fingerprint density at radius 2 is 2.11 bits per heavy atom. The number of nitrogens with one attached hydrogen (secondary N) is 1. The highest BCUT2D eigenvalue weighted by Crippen LogP contribution is 2.23. The third-order valence-corrected chi connectivity index (χ3v) is 2.78. The van der Waals surface area contributed by atoms with Crippen molar-refractivity contribution in [2.24, 2.45) is 0 Å². The number of H-pyrrole nitrogens is 1. The van der Waals surface area contributed by atoms with Gasteiger partial charge in [0.1, 0.15) is 5.82 Å². The summed E-state index contributed by atoms with van der Waals surface area (Å²) in [4.78, 5) is 19.1. The van der Waals surface area contributed by atoms with E-state index >= 15 is 0 Å². The van der Waals surface area contributed by atoms with Gasteiger partial charge in [-0.15, -0.1) is 0 Å². The summed E-state index contributed by atoms with van der Waals surface area (Å²) in [7, 11) is 1.42. The third-order valence-electron chi connectivity index (χ3n) is 2.78. The van der Waals surface area contributed by atoms with Gasteiger partial charge in [0.15, 0.2) is 6.10 Å². The molecule has 0 spiro atoms. The lowest BCUT2D eigenvalue weighted by molar-refractivity contribution is -0.208. The van der Waals surface area contributed by atoms with E-state index in [2.05, 4.69) is 9.97 Å². The van der Waals surface area contributed by atoms with Gasteiger partial charge in [0.05, 0.1) is 6.04 Å². The fourth-order valence-corrected chi connectivity index (χ4v) is 1.54. The zero-order valence-corrected chi connectivity index (χ0v) is 10.8. The van der Waals surface area contributed by atoms with Crippen molar-refractivity contribution in [3.63, 3.8) is 0 Å². The van der Waals surface area contributed by atoms with Gasteiger partial charge in [-0.25, -0.2) is 4.98 Å². The molecule has 5 nitrogen and oxygen atoms in total. The lowest BCUT2D eigenvalue weighted by Gasteiger charge is -2.27. The summed E-state index contributed by atoms with van der Waals surface area (Å²) in [5.74, 6) is 0.266. The average molecular weight is 279 g/mol. The summed E-state index contributed by atoms with van der Waals surface area (Å²) in [6.45, 7) is 2.62. The minimum Gasteiger partial charge on any atom is -0.382 e. The SMILES string of the molecule is Cc1cc(=O)[nH]c([C@H](C)N(C)C[C@@H](O)C(F)(F)F)n1. The first-order chi connectivity index (χ1) is 8.61. The van der Waals surface area contributed by atoms with Crippen LogP contribution in [0, 0.1) is 6.92 Å². The van der Waals surface area contributed by atoms with E-state index in [0.717, 1.165) is 0 Å². The molecular weight excluding hydrogens is 263 g/mol. The molecule has 0 aliphatic rings. The highest BCUT2D eigenvalue weighted by atomic mass is 19.4. The smallest absolute Gasteiger partial charge is 0.382 e. The second-order valence-electron chi connectivity index (χ2n) is 4.44. The highest BCUT2D eigenvalue weighted by molar-refractivity contribution is 5.03. The van der Waals surface area contributed by atoms with E-state index in [1.165, 1.54) is 18.0 Å². The lowest BCUT2D eigenvalue weighted by atomic mass is 10.2. The molecule has 0 amide bonds. The van der Waals surface area contributed by atoms with E-state index in [9.17, 15) is 18.0 Å². The first kappa shape index (κ1) is 15.6. The molecular formula is C11H16F3N3O2. The monoisotopic (exact) mass is 279 g/mol. The quantitative estimate of drug-likeness (QED) is 0.862. The third kappa shape index (κ3) is 4.32. The van der Waals surface area contributed by atoms with E-state index in [0.29, 0.717) is 5.69 Å². The Labute approximate surface area is 108 Å². The molecule has 19 heavy (non-hydrogen) atoms. The predicted molar refractivity (Wildman–Crippen MR) is 62.7 cm³/mol. The molecule has 0 aliphatic heterocycles. The van der Waals surface area contributed by atoms with Crippen LogP contribution in [0.25, 0.3) is 0 Å². The van der Waals surface area contributed by atoms with Crippen LogP contribution in [0.2, 0.25) is 0 Å². The summed E-state index contributed by atoms with van der Waals surface area (Å²) < 4.78 is 36.8. The van der Waals surface area contributed by atoms with Gasteiger partial charge in [-0.05, 0) is 20.9 Å². The molecule has 0 saturated heterocycles. The normalized spacial score (nSPS) is 15.6. The number of aromatic amines is 1. The fraction of sp³-hybridized carbons (Fsp3) is 0.636. The molecule has 1 heterocycles. The van der Waals surface area contributed by atoms with Crippen molar-refractivity contribution in [1.29, 1.82) is 0 Å². The molecule has 0 unspecified atom stereocenters. The first-order valence-corrected chi connectivity index (χ1v) is 5.64. The van der Waals surface area contributed by atoms with Crippen molar-refractivity contribution in [1.82, 2.24) is 14.9 Å². The van der Waals surface area contributed by atoms with Crippen molar-refractivity contribution in [2.45, 2.75) is 32.2 Å². The van der Waals surface area contributed by atoms with E-state index in [-0.39, 0.29) is 11.4 Å².